The van der Waals surface area contributed by atoms with Crippen molar-refractivity contribution in [1.82, 2.24) is 5.32 Å². The van der Waals surface area contributed by atoms with E-state index in [1.165, 1.54) is 24.3 Å². The molecule has 0 aromatic heterocycles. The molecule has 4 rings (SSSR count). The van der Waals surface area contributed by atoms with Gasteiger partial charge in [-0.05, 0) is 66.7 Å². The van der Waals surface area contributed by atoms with E-state index in [0.717, 1.165) is 23.4 Å². The Kier molecular flexibility index (Phi) is 6.14. The van der Waals surface area contributed by atoms with Crippen LogP contribution in [0.15, 0.2) is 83.9 Å². The lowest BCUT2D eigenvalue weighted by atomic mass is 9.89. The SMILES string of the molecule is CC1(c2ccc(C(=O)O)cc2)C(=NCc2ccc(C(F)(F)F)cc2)NC(=S)N1c1ccccc1. The van der Waals surface area contributed by atoms with Gasteiger partial charge in [-0.15, -0.1) is 0 Å². The van der Waals surface area contributed by atoms with Crippen LogP contribution in [0, 0.1) is 0 Å². The maximum absolute atomic E-state index is 12.9. The summed E-state index contributed by atoms with van der Waals surface area (Å²) in [5.74, 6) is -0.530. The van der Waals surface area contributed by atoms with E-state index in [9.17, 15) is 23.1 Å². The molecule has 0 radical (unpaired) electrons. The van der Waals surface area contributed by atoms with Crippen molar-refractivity contribution in [2.24, 2.45) is 4.99 Å². The van der Waals surface area contributed by atoms with E-state index in [-0.39, 0.29) is 12.1 Å². The molecule has 174 valence electrons. The van der Waals surface area contributed by atoms with E-state index < -0.39 is 23.2 Å². The maximum atomic E-state index is 12.9. The lowest BCUT2D eigenvalue weighted by Gasteiger charge is -2.35. The Morgan fingerprint density at radius 3 is 2.21 bits per heavy atom. The first-order chi connectivity index (χ1) is 16.1. The molecule has 34 heavy (non-hydrogen) atoms. The first-order valence-electron chi connectivity index (χ1n) is 10.3. The molecule has 1 aliphatic heterocycles. The van der Waals surface area contributed by atoms with Gasteiger partial charge in [-0.1, -0.05) is 42.5 Å². The van der Waals surface area contributed by atoms with Crippen LogP contribution in [-0.4, -0.2) is 22.0 Å². The summed E-state index contributed by atoms with van der Waals surface area (Å²) in [4.78, 5) is 17.9. The van der Waals surface area contributed by atoms with Gasteiger partial charge in [0.05, 0.1) is 17.7 Å². The second-order valence-electron chi connectivity index (χ2n) is 7.92. The number of aromatic carboxylic acids is 1. The molecule has 9 heteroatoms. The summed E-state index contributed by atoms with van der Waals surface area (Å²) in [6.45, 7) is 2.04. The fourth-order valence-electron chi connectivity index (χ4n) is 3.91. The monoisotopic (exact) mass is 483 g/mol. The number of nitrogens with zero attached hydrogens (tertiary/aromatic N) is 2. The standard InChI is InChI=1S/C25H20F3N3O2S/c1-24(18-13-9-17(10-14-18)21(32)33)22(30-23(34)31(24)20-5-3-2-4-6-20)29-15-16-7-11-19(12-8-16)25(26,27)28/h2-14H,15H2,1H3,(H,32,33)(H,29,30,34). The highest BCUT2D eigenvalue weighted by molar-refractivity contribution is 7.80. The quantitative estimate of drug-likeness (QED) is 0.462. The predicted molar refractivity (Wildman–Crippen MR) is 128 cm³/mol. The van der Waals surface area contributed by atoms with Gasteiger partial charge in [0, 0.05) is 5.69 Å². The maximum Gasteiger partial charge on any atom is 0.416 e. The third-order valence-electron chi connectivity index (χ3n) is 5.75. The Labute approximate surface area is 199 Å². The van der Waals surface area contributed by atoms with Crippen LogP contribution in [0.2, 0.25) is 0 Å². The lowest BCUT2D eigenvalue weighted by Crippen LogP contribution is -2.44. The van der Waals surface area contributed by atoms with Crippen molar-refractivity contribution in [2.75, 3.05) is 4.90 Å². The Bertz CT molecular complexity index is 1240. The summed E-state index contributed by atoms with van der Waals surface area (Å²) < 4.78 is 38.6. The van der Waals surface area contributed by atoms with Gasteiger partial charge < -0.3 is 15.3 Å². The Hall–Kier alpha value is -3.72. The smallest absolute Gasteiger partial charge is 0.416 e. The van der Waals surface area contributed by atoms with Crippen molar-refractivity contribution in [3.8, 4) is 0 Å². The molecular weight excluding hydrogens is 463 g/mol. The molecule has 5 nitrogen and oxygen atoms in total. The number of hydrogen-bond donors (Lipinski definition) is 2. The van der Waals surface area contributed by atoms with Gasteiger partial charge in [-0.3, -0.25) is 4.99 Å². The number of rotatable bonds is 5. The summed E-state index contributed by atoms with van der Waals surface area (Å²) in [5, 5.41) is 12.8. The fraction of sp³-hybridized carbons (Fsp3) is 0.160. The number of anilines is 1. The molecule has 1 atom stereocenters. The number of para-hydroxylation sites is 1. The van der Waals surface area contributed by atoms with Crippen molar-refractivity contribution in [3.63, 3.8) is 0 Å². The minimum Gasteiger partial charge on any atom is -0.478 e. The summed E-state index contributed by atoms with van der Waals surface area (Å²) in [6, 6.07) is 20.7. The van der Waals surface area contributed by atoms with Crippen LogP contribution in [0.4, 0.5) is 18.9 Å². The minimum atomic E-state index is -4.40. The normalized spacial score (nSPS) is 19.4. The van der Waals surface area contributed by atoms with Crippen LogP contribution in [0.5, 0.6) is 0 Å². The van der Waals surface area contributed by atoms with Gasteiger partial charge in [0.25, 0.3) is 0 Å². The summed E-state index contributed by atoms with van der Waals surface area (Å²) >= 11 is 5.62. The van der Waals surface area contributed by atoms with Gasteiger partial charge in [0.1, 0.15) is 11.4 Å². The minimum absolute atomic E-state index is 0.133. The molecule has 1 saturated heterocycles. The van der Waals surface area contributed by atoms with E-state index in [4.69, 9.17) is 12.2 Å². The topological polar surface area (TPSA) is 64.9 Å². The molecule has 1 unspecified atom stereocenters. The number of halogens is 3. The summed E-state index contributed by atoms with van der Waals surface area (Å²) in [5.41, 5.74) is 0.693. The number of benzene rings is 3. The lowest BCUT2D eigenvalue weighted by molar-refractivity contribution is -0.137. The Morgan fingerprint density at radius 1 is 1.03 bits per heavy atom. The molecule has 0 amide bonds. The number of alkyl halides is 3. The second kappa shape index (κ2) is 8.90. The number of amidine groups is 1. The number of thiocarbonyl (C=S) groups is 1. The van der Waals surface area contributed by atoms with Crippen molar-refractivity contribution in [1.29, 1.82) is 0 Å². The molecule has 3 aromatic rings. The van der Waals surface area contributed by atoms with Crippen LogP contribution in [0.25, 0.3) is 0 Å². The van der Waals surface area contributed by atoms with E-state index in [0.29, 0.717) is 16.5 Å². The molecule has 0 saturated carbocycles. The largest absolute Gasteiger partial charge is 0.478 e. The van der Waals surface area contributed by atoms with Crippen molar-refractivity contribution in [3.05, 3.63) is 101 Å². The van der Waals surface area contributed by atoms with Crippen LogP contribution >= 0.6 is 12.2 Å². The van der Waals surface area contributed by atoms with Gasteiger partial charge in [-0.2, -0.15) is 13.2 Å². The first-order valence-corrected chi connectivity index (χ1v) is 10.7. The third kappa shape index (κ3) is 4.38. The number of hydrogen-bond acceptors (Lipinski definition) is 3. The van der Waals surface area contributed by atoms with E-state index in [1.54, 1.807) is 12.1 Å². The van der Waals surface area contributed by atoms with Gasteiger partial charge in [0.15, 0.2) is 5.11 Å². The number of carboxylic acid groups (broad SMARTS) is 1. The van der Waals surface area contributed by atoms with Crippen molar-refractivity contribution >= 4 is 34.8 Å². The van der Waals surface area contributed by atoms with Gasteiger partial charge in [0.2, 0.25) is 0 Å². The molecule has 1 aliphatic rings. The first kappa shape index (κ1) is 23.4. The van der Waals surface area contributed by atoms with Gasteiger partial charge in [-0.25, -0.2) is 4.79 Å². The third-order valence-corrected chi connectivity index (χ3v) is 6.03. The van der Waals surface area contributed by atoms with Crippen molar-refractivity contribution in [2.45, 2.75) is 25.2 Å². The number of aliphatic imine (C=N–C) groups is 1. The fourth-order valence-corrected chi connectivity index (χ4v) is 4.29. The van der Waals surface area contributed by atoms with E-state index in [2.05, 4.69) is 10.3 Å². The number of carbonyl (C=O) groups is 1. The Morgan fingerprint density at radius 2 is 1.65 bits per heavy atom. The predicted octanol–water partition coefficient (Wildman–Crippen LogP) is 5.61. The van der Waals surface area contributed by atoms with Crippen molar-refractivity contribution < 1.29 is 23.1 Å². The number of carboxylic acids is 1. The summed E-state index contributed by atoms with van der Waals surface area (Å²) in [7, 11) is 0. The molecule has 0 spiro atoms. The van der Waals surface area contributed by atoms with Gasteiger partial charge >= 0.3 is 12.1 Å². The van der Waals surface area contributed by atoms with E-state index in [1.807, 2.05) is 42.2 Å². The summed E-state index contributed by atoms with van der Waals surface area (Å²) in [6.07, 6.45) is -4.40. The van der Waals surface area contributed by atoms with E-state index >= 15 is 0 Å². The molecule has 2 N–H and O–H groups in total. The molecule has 0 bridgehead atoms. The van der Waals surface area contributed by atoms with Crippen LogP contribution in [-0.2, 0) is 18.3 Å². The van der Waals surface area contributed by atoms with Crippen LogP contribution < -0.4 is 10.2 Å². The number of nitrogens with one attached hydrogen (secondary N) is 1. The molecular formula is C25H20F3N3O2S. The Balaban J connectivity index is 1.74. The molecule has 1 heterocycles. The zero-order chi connectivity index (χ0) is 24.5. The highest BCUT2D eigenvalue weighted by Crippen LogP contribution is 2.38. The zero-order valence-electron chi connectivity index (χ0n) is 18.0. The second-order valence-corrected chi connectivity index (χ2v) is 8.30. The molecule has 1 fully saturated rings. The molecule has 0 aliphatic carbocycles. The van der Waals surface area contributed by atoms with Crippen LogP contribution in [0.3, 0.4) is 0 Å². The highest BCUT2D eigenvalue weighted by Gasteiger charge is 2.47. The highest BCUT2D eigenvalue weighted by atomic mass is 32.1. The zero-order valence-corrected chi connectivity index (χ0v) is 18.8. The average Bonchev–Trinajstić information content (AvgIpc) is 3.08. The average molecular weight is 484 g/mol. The van der Waals surface area contributed by atoms with Crippen LogP contribution in [0.1, 0.15) is 34.0 Å². The molecule has 3 aromatic carbocycles.